The van der Waals surface area contributed by atoms with Gasteiger partial charge in [0.05, 0.1) is 42.7 Å². The van der Waals surface area contributed by atoms with Gasteiger partial charge in [-0.2, -0.15) is 0 Å². The summed E-state index contributed by atoms with van der Waals surface area (Å²) in [7, 11) is 3.07. The SMILES string of the molecule is CCOC(=O)C1=C(C)N=c2s/c(=C\c3ccc(-c4ccc(Cl)cc4)o3)c(=O)n2[C@H]1c1ccc(OC)c(OC)c1. The normalized spacial score (nSPS) is 15.1. The standard InChI is InChI=1S/C29H25ClN2O6S/c1-5-37-28(34)25-16(2)31-29-32(26(25)18-8-12-22(35-3)23(14-18)36-4)27(33)24(39-29)15-20-11-13-21(38-20)17-6-9-19(30)10-7-17/h6-15,26H,5H2,1-4H3/b24-15-/t26-/m0/s1. The van der Waals surface area contributed by atoms with Crippen LogP contribution < -0.4 is 24.4 Å². The first-order valence-corrected chi connectivity index (χ1v) is 13.3. The highest BCUT2D eigenvalue weighted by atomic mass is 35.5. The van der Waals surface area contributed by atoms with Gasteiger partial charge in [-0.1, -0.05) is 29.0 Å². The fourth-order valence-electron chi connectivity index (χ4n) is 4.46. The number of methoxy groups -OCH3 is 2. The largest absolute Gasteiger partial charge is 0.493 e. The Hall–Kier alpha value is -4.08. The lowest BCUT2D eigenvalue weighted by Crippen LogP contribution is -2.39. The molecule has 2 aromatic carbocycles. The Bertz CT molecular complexity index is 1760. The number of hydrogen-bond acceptors (Lipinski definition) is 8. The van der Waals surface area contributed by atoms with E-state index in [4.69, 9.17) is 30.2 Å². The fourth-order valence-corrected chi connectivity index (χ4v) is 5.61. The Morgan fingerprint density at radius 2 is 1.85 bits per heavy atom. The number of fused-ring (bicyclic) bond motifs is 1. The first-order chi connectivity index (χ1) is 18.8. The topological polar surface area (TPSA) is 92.3 Å². The number of thiazole rings is 1. The number of halogens is 1. The molecule has 0 saturated carbocycles. The highest BCUT2D eigenvalue weighted by molar-refractivity contribution is 7.07. The monoisotopic (exact) mass is 564 g/mol. The number of allylic oxidation sites excluding steroid dienone is 1. The summed E-state index contributed by atoms with van der Waals surface area (Å²) in [4.78, 5) is 32.0. The second kappa shape index (κ2) is 11.0. The fraction of sp³-hybridized carbons (Fsp3) is 0.207. The van der Waals surface area contributed by atoms with Crippen LogP contribution in [0, 0.1) is 0 Å². The molecule has 2 aromatic heterocycles. The average Bonchev–Trinajstić information content (AvgIpc) is 3.52. The average molecular weight is 565 g/mol. The molecule has 0 fully saturated rings. The van der Waals surface area contributed by atoms with Gasteiger partial charge in [0.2, 0.25) is 0 Å². The van der Waals surface area contributed by atoms with Gasteiger partial charge < -0.3 is 18.6 Å². The van der Waals surface area contributed by atoms with Crippen molar-refractivity contribution >= 4 is 35.0 Å². The van der Waals surface area contributed by atoms with Crippen LogP contribution in [0.3, 0.4) is 0 Å². The number of nitrogens with zero attached hydrogens (tertiary/aromatic N) is 2. The minimum absolute atomic E-state index is 0.188. The molecule has 0 bridgehead atoms. The summed E-state index contributed by atoms with van der Waals surface area (Å²) in [6.07, 6.45) is 1.68. The van der Waals surface area contributed by atoms with Crippen molar-refractivity contribution < 1.29 is 23.4 Å². The molecule has 0 spiro atoms. The molecule has 1 aliphatic rings. The van der Waals surface area contributed by atoms with Gasteiger partial charge in [0.25, 0.3) is 5.56 Å². The Labute approximate surface area is 233 Å². The third-order valence-electron chi connectivity index (χ3n) is 6.27. The summed E-state index contributed by atoms with van der Waals surface area (Å²) in [5, 5.41) is 0.633. The number of carbonyl (C=O) groups is 1. The van der Waals surface area contributed by atoms with E-state index < -0.39 is 12.0 Å². The molecule has 0 saturated heterocycles. The van der Waals surface area contributed by atoms with Gasteiger partial charge in [-0.3, -0.25) is 9.36 Å². The van der Waals surface area contributed by atoms with Crippen molar-refractivity contribution in [2.24, 2.45) is 4.99 Å². The first-order valence-electron chi connectivity index (χ1n) is 12.1. The van der Waals surface area contributed by atoms with Crippen molar-refractivity contribution in [3.8, 4) is 22.8 Å². The lowest BCUT2D eigenvalue weighted by atomic mass is 9.95. The quantitative estimate of drug-likeness (QED) is 0.301. The van der Waals surface area contributed by atoms with E-state index in [1.165, 1.54) is 23.0 Å². The molecule has 8 nitrogen and oxygen atoms in total. The Morgan fingerprint density at radius 3 is 2.54 bits per heavy atom. The molecule has 10 heteroatoms. The summed E-state index contributed by atoms with van der Waals surface area (Å²) in [6, 6.07) is 15.4. The zero-order chi connectivity index (χ0) is 27.7. The van der Waals surface area contributed by atoms with E-state index >= 15 is 0 Å². The second-order valence-electron chi connectivity index (χ2n) is 8.63. The van der Waals surface area contributed by atoms with Crippen LogP contribution in [0.4, 0.5) is 0 Å². The summed E-state index contributed by atoms with van der Waals surface area (Å²) >= 11 is 7.22. The van der Waals surface area contributed by atoms with Gasteiger partial charge in [-0.25, -0.2) is 9.79 Å². The third kappa shape index (κ3) is 5.03. The summed E-state index contributed by atoms with van der Waals surface area (Å²) in [5.41, 5.74) is 1.97. The number of aromatic nitrogens is 1. The number of hydrogen-bond donors (Lipinski definition) is 0. The van der Waals surface area contributed by atoms with Crippen molar-refractivity contribution in [3.63, 3.8) is 0 Å². The Balaban J connectivity index is 1.65. The summed E-state index contributed by atoms with van der Waals surface area (Å²) in [5.74, 6) is 1.62. The number of ether oxygens (including phenoxy) is 3. The molecule has 4 aromatic rings. The van der Waals surface area contributed by atoms with E-state index in [0.29, 0.717) is 48.6 Å². The summed E-state index contributed by atoms with van der Waals surface area (Å²) in [6.45, 7) is 3.66. The molecule has 5 rings (SSSR count). The van der Waals surface area contributed by atoms with Crippen LogP contribution in [0.15, 0.2) is 80.1 Å². The molecular weight excluding hydrogens is 540 g/mol. The van der Waals surface area contributed by atoms with Gasteiger partial charge in [-0.05, 0) is 67.9 Å². The van der Waals surface area contributed by atoms with E-state index in [2.05, 4.69) is 4.99 Å². The van der Waals surface area contributed by atoms with Crippen LogP contribution >= 0.6 is 22.9 Å². The Kier molecular flexibility index (Phi) is 7.45. The molecule has 39 heavy (non-hydrogen) atoms. The predicted octanol–water partition coefficient (Wildman–Crippen LogP) is 4.73. The minimum atomic E-state index is -0.775. The maximum atomic E-state index is 13.8. The number of rotatable bonds is 7. The maximum absolute atomic E-state index is 13.8. The zero-order valence-corrected chi connectivity index (χ0v) is 23.3. The predicted molar refractivity (Wildman–Crippen MR) is 149 cm³/mol. The van der Waals surface area contributed by atoms with Crippen molar-refractivity contribution in [1.29, 1.82) is 0 Å². The van der Waals surface area contributed by atoms with Gasteiger partial charge in [0, 0.05) is 16.7 Å². The number of furan rings is 1. The van der Waals surface area contributed by atoms with Crippen LogP contribution in [-0.4, -0.2) is 31.4 Å². The lowest BCUT2D eigenvalue weighted by Gasteiger charge is -2.25. The molecule has 0 amide bonds. The lowest BCUT2D eigenvalue weighted by molar-refractivity contribution is -0.139. The van der Waals surface area contributed by atoms with Crippen molar-refractivity contribution in [2.45, 2.75) is 19.9 Å². The van der Waals surface area contributed by atoms with E-state index in [9.17, 15) is 9.59 Å². The minimum Gasteiger partial charge on any atom is -0.493 e. The van der Waals surface area contributed by atoms with Gasteiger partial charge in [0.15, 0.2) is 16.3 Å². The van der Waals surface area contributed by atoms with Crippen molar-refractivity contribution in [3.05, 3.63) is 102 Å². The second-order valence-corrected chi connectivity index (χ2v) is 10.1. The smallest absolute Gasteiger partial charge is 0.338 e. The highest BCUT2D eigenvalue weighted by Gasteiger charge is 2.34. The van der Waals surface area contributed by atoms with E-state index in [-0.39, 0.29) is 17.7 Å². The van der Waals surface area contributed by atoms with Crippen LogP contribution in [0.1, 0.15) is 31.2 Å². The highest BCUT2D eigenvalue weighted by Crippen LogP contribution is 2.36. The van der Waals surface area contributed by atoms with Crippen LogP contribution in [0.5, 0.6) is 11.5 Å². The molecule has 0 radical (unpaired) electrons. The maximum Gasteiger partial charge on any atom is 0.338 e. The molecule has 0 N–H and O–H groups in total. The zero-order valence-electron chi connectivity index (χ0n) is 21.7. The van der Waals surface area contributed by atoms with Crippen LogP contribution in [-0.2, 0) is 9.53 Å². The summed E-state index contributed by atoms with van der Waals surface area (Å²) < 4.78 is 24.2. The number of carbonyl (C=O) groups excluding carboxylic acids is 1. The van der Waals surface area contributed by atoms with E-state index in [1.807, 2.05) is 18.2 Å². The van der Waals surface area contributed by atoms with Crippen LogP contribution in [0.2, 0.25) is 5.02 Å². The molecule has 3 heterocycles. The van der Waals surface area contributed by atoms with E-state index in [1.54, 1.807) is 63.4 Å². The number of esters is 1. The van der Waals surface area contributed by atoms with Crippen molar-refractivity contribution in [2.75, 3.05) is 20.8 Å². The van der Waals surface area contributed by atoms with Crippen LogP contribution in [0.25, 0.3) is 17.4 Å². The molecule has 1 atom stereocenters. The van der Waals surface area contributed by atoms with Gasteiger partial charge >= 0.3 is 5.97 Å². The molecular formula is C29H25ClN2O6S. The molecule has 1 aliphatic heterocycles. The molecule has 200 valence electrons. The molecule has 0 unspecified atom stereocenters. The Morgan fingerprint density at radius 1 is 1.10 bits per heavy atom. The third-order valence-corrected chi connectivity index (χ3v) is 7.50. The van der Waals surface area contributed by atoms with Gasteiger partial charge in [0.1, 0.15) is 11.5 Å². The molecule has 0 aliphatic carbocycles. The first kappa shape index (κ1) is 26.5. The van der Waals surface area contributed by atoms with E-state index in [0.717, 1.165) is 5.56 Å². The van der Waals surface area contributed by atoms with Gasteiger partial charge in [-0.15, -0.1) is 0 Å². The number of benzene rings is 2. The van der Waals surface area contributed by atoms with Crippen molar-refractivity contribution in [1.82, 2.24) is 4.57 Å².